The van der Waals surface area contributed by atoms with E-state index >= 15 is 0 Å². The SMILES string of the molecule is CC1CN2C(=NC1C)CN(C)C(=O)c1ccccc12. The second-order valence-electron chi connectivity index (χ2n) is 5.55. The average molecular weight is 257 g/mol. The number of rotatable bonds is 0. The normalized spacial score (nSPS) is 26.5. The zero-order valence-electron chi connectivity index (χ0n) is 11.6. The number of benzene rings is 1. The number of anilines is 1. The summed E-state index contributed by atoms with van der Waals surface area (Å²) in [5.41, 5.74) is 1.77. The van der Waals surface area contributed by atoms with Gasteiger partial charge in [-0.05, 0) is 25.0 Å². The molecule has 3 rings (SSSR count). The standard InChI is InChI=1S/C15H19N3O/c1-10-8-18-13-7-5-4-6-12(13)15(19)17(3)9-14(18)16-11(10)2/h4-7,10-11H,8-9H2,1-3H3. The van der Waals surface area contributed by atoms with Gasteiger partial charge in [-0.25, -0.2) is 0 Å². The molecule has 1 aromatic rings. The number of aliphatic imine (C=N–C) groups is 1. The Labute approximate surface area is 113 Å². The van der Waals surface area contributed by atoms with E-state index in [4.69, 9.17) is 4.99 Å². The number of likely N-dealkylation sites (N-methyl/N-ethyl adjacent to an activating group) is 1. The molecule has 0 N–H and O–H groups in total. The van der Waals surface area contributed by atoms with Crippen molar-refractivity contribution >= 4 is 17.4 Å². The van der Waals surface area contributed by atoms with Gasteiger partial charge in [-0.15, -0.1) is 0 Å². The fraction of sp³-hybridized carbons (Fsp3) is 0.467. The Morgan fingerprint density at radius 2 is 2.00 bits per heavy atom. The number of fused-ring (bicyclic) bond motifs is 3. The van der Waals surface area contributed by atoms with Crippen LogP contribution in [0, 0.1) is 5.92 Å². The highest BCUT2D eigenvalue weighted by atomic mass is 16.2. The number of nitrogens with zero attached hydrogens (tertiary/aromatic N) is 3. The Balaban J connectivity index is 2.15. The van der Waals surface area contributed by atoms with E-state index in [0.29, 0.717) is 18.5 Å². The van der Waals surface area contributed by atoms with Crippen LogP contribution in [0.1, 0.15) is 24.2 Å². The lowest BCUT2D eigenvalue weighted by Crippen LogP contribution is -2.46. The Morgan fingerprint density at radius 1 is 1.26 bits per heavy atom. The number of carbonyl (C=O) groups is 1. The first-order chi connectivity index (χ1) is 9.08. The van der Waals surface area contributed by atoms with E-state index in [1.54, 1.807) is 4.90 Å². The molecule has 1 aromatic carbocycles. The van der Waals surface area contributed by atoms with E-state index < -0.39 is 0 Å². The summed E-state index contributed by atoms with van der Waals surface area (Å²) in [6.45, 7) is 5.88. The van der Waals surface area contributed by atoms with Crippen molar-refractivity contribution in [2.24, 2.45) is 10.9 Å². The van der Waals surface area contributed by atoms with Crippen LogP contribution in [0.4, 0.5) is 5.69 Å². The van der Waals surface area contributed by atoms with E-state index in [0.717, 1.165) is 23.6 Å². The third kappa shape index (κ3) is 1.91. The first kappa shape index (κ1) is 12.2. The first-order valence-corrected chi connectivity index (χ1v) is 6.76. The summed E-state index contributed by atoms with van der Waals surface area (Å²) in [5.74, 6) is 1.58. The minimum absolute atomic E-state index is 0.0769. The monoisotopic (exact) mass is 257 g/mol. The van der Waals surface area contributed by atoms with Crippen LogP contribution >= 0.6 is 0 Å². The molecule has 2 aliphatic rings. The van der Waals surface area contributed by atoms with E-state index in [-0.39, 0.29) is 5.91 Å². The number of hydrogen-bond donors (Lipinski definition) is 0. The second-order valence-corrected chi connectivity index (χ2v) is 5.55. The van der Waals surface area contributed by atoms with Crippen molar-refractivity contribution in [3.8, 4) is 0 Å². The first-order valence-electron chi connectivity index (χ1n) is 6.76. The van der Waals surface area contributed by atoms with Crippen LogP contribution < -0.4 is 4.90 Å². The topological polar surface area (TPSA) is 35.9 Å². The Hall–Kier alpha value is -1.84. The van der Waals surface area contributed by atoms with Crippen LogP contribution in [0.15, 0.2) is 29.3 Å². The highest BCUT2D eigenvalue weighted by Gasteiger charge is 2.32. The molecule has 4 nitrogen and oxygen atoms in total. The van der Waals surface area contributed by atoms with Gasteiger partial charge in [0.25, 0.3) is 5.91 Å². The smallest absolute Gasteiger partial charge is 0.256 e. The van der Waals surface area contributed by atoms with Gasteiger partial charge < -0.3 is 9.80 Å². The molecule has 100 valence electrons. The van der Waals surface area contributed by atoms with Gasteiger partial charge in [0.2, 0.25) is 0 Å². The van der Waals surface area contributed by atoms with Crippen molar-refractivity contribution in [3.05, 3.63) is 29.8 Å². The van der Waals surface area contributed by atoms with E-state index in [9.17, 15) is 4.79 Å². The molecule has 2 heterocycles. The maximum absolute atomic E-state index is 12.4. The molecule has 19 heavy (non-hydrogen) atoms. The van der Waals surface area contributed by atoms with Gasteiger partial charge in [0.15, 0.2) is 0 Å². The van der Waals surface area contributed by atoms with E-state index in [1.807, 2.05) is 31.3 Å². The van der Waals surface area contributed by atoms with Gasteiger partial charge in [-0.2, -0.15) is 0 Å². The maximum atomic E-state index is 12.4. The molecule has 0 radical (unpaired) electrons. The van der Waals surface area contributed by atoms with Gasteiger partial charge in [-0.3, -0.25) is 9.79 Å². The van der Waals surface area contributed by atoms with Crippen molar-refractivity contribution in [2.45, 2.75) is 19.9 Å². The number of hydrogen-bond acceptors (Lipinski definition) is 3. The van der Waals surface area contributed by atoms with Crippen molar-refractivity contribution < 1.29 is 4.79 Å². The summed E-state index contributed by atoms with van der Waals surface area (Å²) in [6, 6.07) is 8.14. The molecule has 1 amide bonds. The molecule has 0 saturated carbocycles. The third-order valence-electron chi connectivity index (χ3n) is 4.11. The molecule has 0 spiro atoms. The number of para-hydroxylation sites is 1. The van der Waals surface area contributed by atoms with E-state index in [1.165, 1.54) is 0 Å². The van der Waals surface area contributed by atoms with Crippen LogP contribution in [-0.4, -0.2) is 42.8 Å². The van der Waals surface area contributed by atoms with Crippen molar-refractivity contribution in [1.29, 1.82) is 0 Å². The summed E-state index contributed by atoms with van der Waals surface area (Å²) < 4.78 is 0. The lowest BCUT2D eigenvalue weighted by Gasteiger charge is -2.35. The Bertz CT molecular complexity index is 552. The number of amidine groups is 1. The Kier molecular flexibility index (Phi) is 2.81. The van der Waals surface area contributed by atoms with Crippen LogP contribution in [0.5, 0.6) is 0 Å². The zero-order chi connectivity index (χ0) is 13.6. The number of amides is 1. The molecule has 4 heteroatoms. The second kappa shape index (κ2) is 4.37. The van der Waals surface area contributed by atoms with Crippen molar-refractivity contribution in [2.75, 3.05) is 25.0 Å². The quantitative estimate of drug-likeness (QED) is 0.713. The van der Waals surface area contributed by atoms with Crippen molar-refractivity contribution in [3.63, 3.8) is 0 Å². The van der Waals surface area contributed by atoms with Gasteiger partial charge >= 0.3 is 0 Å². The fourth-order valence-electron chi connectivity index (χ4n) is 2.72. The lowest BCUT2D eigenvalue weighted by molar-refractivity contribution is 0.0817. The molecule has 0 aromatic heterocycles. The van der Waals surface area contributed by atoms with Gasteiger partial charge in [0.05, 0.1) is 23.8 Å². The third-order valence-corrected chi connectivity index (χ3v) is 4.11. The molecular weight excluding hydrogens is 238 g/mol. The van der Waals surface area contributed by atoms with E-state index in [2.05, 4.69) is 18.7 Å². The van der Waals surface area contributed by atoms with Crippen LogP contribution in [-0.2, 0) is 0 Å². The van der Waals surface area contributed by atoms with Crippen molar-refractivity contribution in [1.82, 2.24) is 4.90 Å². The van der Waals surface area contributed by atoms with Gasteiger partial charge in [-0.1, -0.05) is 19.1 Å². The average Bonchev–Trinajstić information content (AvgIpc) is 2.50. The maximum Gasteiger partial charge on any atom is 0.256 e. The predicted octanol–water partition coefficient (Wildman–Crippen LogP) is 2.02. The molecule has 0 fully saturated rings. The Morgan fingerprint density at radius 3 is 2.79 bits per heavy atom. The van der Waals surface area contributed by atoms with Gasteiger partial charge in [0, 0.05) is 13.6 Å². The molecule has 2 unspecified atom stereocenters. The molecular formula is C15H19N3O. The minimum Gasteiger partial charge on any atom is -0.334 e. The lowest BCUT2D eigenvalue weighted by atomic mass is 10.0. The van der Waals surface area contributed by atoms with Gasteiger partial charge in [0.1, 0.15) is 5.84 Å². The van der Waals surface area contributed by atoms with Crippen LogP contribution in [0.2, 0.25) is 0 Å². The molecule has 0 aliphatic carbocycles. The largest absolute Gasteiger partial charge is 0.334 e. The summed E-state index contributed by atoms with van der Waals surface area (Å²) in [4.78, 5) is 21.1. The summed E-state index contributed by atoms with van der Waals surface area (Å²) in [7, 11) is 1.84. The highest BCUT2D eigenvalue weighted by molar-refractivity contribution is 6.11. The summed E-state index contributed by atoms with van der Waals surface area (Å²) in [6.07, 6.45) is 0. The number of carbonyl (C=O) groups excluding carboxylic acids is 1. The molecule has 2 aliphatic heterocycles. The molecule has 2 atom stereocenters. The zero-order valence-corrected chi connectivity index (χ0v) is 11.6. The van der Waals surface area contributed by atoms with Crippen LogP contribution in [0.25, 0.3) is 0 Å². The summed E-state index contributed by atoms with van der Waals surface area (Å²) in [5, 5.41) is 0. The van der Waals surface area contributed by atoms with Crippen LogP contribution in [0.3, 0.4) is 0 Å². The highest BCUT2D eigenvalue weighted by Crippen LogP contribution is 2.29. The minimum atomic E-state index is 0.0769. The summed E-state index contributed by atoms with van der Waals surface area (Å²) >= 11 is 0. The molecule has 0 saturated heterocycles. The molecule has 0 bridgehead atoms. The predicted molar refractivity (Wildman–Crippen MR) is 76.8 cm³/mol. The fourth-order valence-corrected chi connectivity index (χ4v) is 2.72.